The van der Waals surface area contributed by atoms with Gasteiger partial charge in [0.25, 0.3) is 0 Å². The van der Waals surface area contributed by atoms with Crippen LogP contribution in [0.4, 0.5) is 0 Å². The zero-order valence-electron chi connectivity index (χ0n) is 15.7. The third kappa shape index (κ3) is 3.70. The Balaban J connectivity index is 1.82. The highest BCUT2D eigenvalue weighted by atomic mass is 32.2. The van der Waals surface area contributed by atoms with Crippen LogP contribution >= 0.6 is 11.8 Å². The highest BCUT2D eigenvalue weighted by Gasteiger charge is 2.16. The van der Waals surface area contributed by atoms with E-state index < -0.39 is 0 Å². The van der Waals surface area contributed by atoms with Crippen molar-refractivity contribution < 1.29 is 4.79 Å². The van der Waals surface area contributed by atoms with Gasteiger partial charge < -0.3 is 0 Å². The maximum absolute atomic E-state index is 12.7. The molecule has 3 rings (SSSR count). The van der Waals surface area contributed by atoms with Crippen LogP contribution in [-0.2, 0) is 0 Å². The first-order valence-electron chi connectivity index (χ1n) is 8.46. The van der Waals surface area contributed by atoms with Gasteiger partial charge in [0, 0.05) is 5.56 Å². The highest BCUT2D eigenvalue weighted by Crippen LogP contribution is 2.23. The van der Waals surface area contributed by atoms with Crippen LogP contribution in [0.5, 0.6) is 0 Å². The molecular formula is C20H22N4OS. The van der Waals surface area contributed by atoms with Crippen molar-refractivity contribution in [3.8, 4) is 5.69 Å². The normalized spacial score (nSPS) is 11.0. The Bertz CT molecular complexity index is 978. The summed E-state index contributed by atoms with van der Waals surface area (Å²) in [6.07, 6.45) is 0. The van der Waals surface area contributed by atoms with Crippen molar-refractivity contribution in [2.75, 3.05) is 5.75 Å². The van der Waals surface area contributed by atoms with Crippen LogP contribution in [0.2, 0.25) is 0 Å². The van der Waals surface area contributed by atoms with E-state index in [-0.39, 0.29) is 5.78 Å². The quantitative estimate of drug-likeness (QED) is 0.501. The number of benzene rings is 2. The van der Waals surface area contributed by atoms with Gasteiger partial charge in [0.1, 0.15) is 0 Å². The summed E-state index contributed by atoms with van der Waals surface area (Å²) in [6.45, 7) is 10.1. The number of Topliss-reactive ketones (excluding diaryl/α,β-unsaturated/α-hetero) is 1. The molecule has 2 aromatic carbocycles. The summed E-state index contributed by atoms with van der Waals surface area (Å²) in [5, 5.41) is 12.6. The Kier molecular flexibility index (Phi) is 5.23. The summed E-state index contributed by atoms with van der Waals surface area (Å²) in [5.41, 5.74) is 7.26. The number of rotatable bonds is 5. The molecule has 0 saturated heterocycles. The second-order valence-corrected chi connectivity index (χ2v) is 7.57. The van der Waals surface area contributed by atoms with Gasteiger partial charge in [-0.25, -0.2) is 0 Å². The number of nitrogens with zero attached hydrogens (tertiary/aromatic N) is 4. The molecule has 134 valence electrons. The number of ketones is 1. The lowest BCUT2D eigenvalue weighted by Crippen LogP contribution is -2.08. The third-order valence-corrected chi connectivity index (χ3v) is 5.43. The molecule has 0 N–H and O–H groups in total. The van der Waals surface area contributed by atoms with Gasteiger partial charge in [-0.2, -0.15) is 4.68 Å². The lowest BCUT2D eigenvalue weighted by Gasteiger charge is -2.10. The van der Waals surface area contributed by atoms with Crippen molar-refractivity contribution in [2.24, 2.45) is 0 Å². The average Bonchev–Trinajstić information content (AvgIpc) is 3.06. The summed E-state index contributed by atoms with van der Waals surface area (Å²) in [7, 11) is 0. The minimum Gasteiger partial charge on any atom is -0.293 e. The van der Waals surface area contributed by atoms with Gasteiger partial charge in [-0.3, -0.25) is 4.79 Å². The summed E-state index contributed by atoms with van der Waals surface area (Å²) >= 11 is 1.36. The molecule has 1 aromatic heterocycles. The Morgan fingerprint density at radius 1 is 0.962 bits per heavy atom. The maximum atomic E-state index is 12.7. The number of thioether (sulfide) groups is 1. The van der Waals surface area contributed by atoms with Crippen LogP contribution in [0.1, 0.15) is 38.2 Å². The molecule has 6 heteroatoms. The van der Waals surface area contributed by atoms with Gasteiger partial charge >= 0.3 is 0 Å². The second-order valence-electron chi connectivity index (χ2n) is 6.63. The predicted octanol–water partition coefficient (Wildman–Crippen LogP) is 4.18. The molecule has 0 spiro atoms. The van der Waals surface area contributed by atoms with Gasteiger partial charge in [0.05, 0.1) is 11.4 Å². The van der Waals surface area contributed by atoms with Crippen LogP contribution in [-0.4, -0.2) is 31.7 Å². The number of hydrogen-bond donors (Lipinski definition) is 0. The summed E-state index contributed by atoms with van der Waals surface area (Å²) in [5.74, 6) is 0.389. The fourth-order valence-corrected chi connectivity index (χ4v) is 3.60. The van der Waals surface area contributed by atoms with E-state index in [1.807, 2.05) is 45.9 Å². The topological polar surface area (TPSA) is 60.7 Å². The smallest absolute Gasteiger partial charge is 0.214 e. The van der Waals surface area contributed by atoms with Crippen LogP contribution < -0.4 is 0 Å². The minimum atomic E-state index is 0.0890. The monoisotopic (exact) mass is 366 g/mol. The molecule has 26 heavy (non-hydrogen) atoms. The van der Waals surface area contributed by atoms with Gasteiger partial charge in [0.2, 0.25) is 5.16 Å². The van der Waals surface area contributed by atoms with E-state index in [9.17, 15) is 4.79 Å². The summed E-state index contributed by atoms with van der Waals surface area (Å²) in [4.78, 5) is 12.7. The fraction of sp³-hybridized carbons (Fsp3) is 0.300. The summed E-state index contributed by atoms with van der Waals surface area (Å²) in [6, 6.07) is 10.2. The molecule has 0 atom stereocenters. The molecule has 1 heterocycles. The Hall–Kier alpha value is -2.47. The molecule has 0 aliphatic rings. The Morgan fingerprint density at radius 2 is 1.69 bits per heavy atom. The largest absolute Gasteiger partial charge is 0.293 e. The maximum Gasteiger partial charge on any atom is 0.214 e. The lowest BCUT2D eigenvalue weighted by atomic mass is 9.99. The third-order valence-electron chi connectivity index (χ3n) is 4.51. The number of aryl methyl sites for hydroxylation is 5. The van der Waals surface area contributed by atoms with E-state index >= 15 is 0 Å². The van der Waals surface area contributed by atoms with E-state index in [4.69, 9.17) is 0 Å². The van der Waals surface area contributed by atoms with Gasteiger partial charge in [-0.05, 0) is 85.0 Å². The first kappa shape index (κ1) is 18.3. The number of hydrogen-bond acceptors (Lipinski definition) is 5. The molecule has 0 aliphatic heterocycles. The number of tetrazole rings is 1. The average molecular weight is 366 g/mol. The molecule has 0 fully saturated rings. The van der Waals surface area contributed by atoms with E-state index in [1.54, 1.807) is 4.68 Å². The Morgan fingerprint density at radius 3 is 2.46 bits per heavy atom. The van der Waals surface area contributed by atoms with Crippen molar-refractivity contribution in [3.05, 3.63) is 63.7 Å². The predicted molar refractivity (Wildman–Crippen MR) is 104 cm³/mol. The fourth-order valence-electron chi connectivity index (χ4n) is 2.84. The van der Waals surface area contributed by atoms with Crippen LogP contribution in [0.3, 0.4) is 0 Å². The Labute approximate surface area is 157 Å². The molecule has 3 aromatic rings. The van der Waals surface area contributed by atoms with Crippen molar-refractivity contribution in [2.45, 2.75) is 39.8 Å². The zero-order chi connectivity index (χ0) is 18.8. The molecule has 5 nitrogen and oxygen atoms in total. The molecule has 0 aliphatic carbocycles. The van der Waals surface area contributed by atoms with Crippen molar-refractivity contribution in [3.63, 3.8) is 0 Å². The van der Waals surface area contributed by atoms with E-state index in [0.717, 1.165) is 33.5 Å². The molecule has 0 saturated carbocycles. The lowest BCUT2D eigenvalue weighted by molar-refractivity contribution is 0.102. The van der Waals surface area contributed by atoms with Crippen molar-refractivity contribution in [1.82, 2.24) is 20.2 Å². The molecule has 0 radical (unpaired) electrons. The first-order valence-corrected chi connectivity index (χ1v) is 9.45. The number of carbonyl (C=O) groups is 1. The van der Waals surface area contributed by atoms with Crippen molar-refractivity contribution >= 4 is 17.5 Å². The number of carbonyl (C=O) groups excluding carboxylic acids is 1. The minimum absolute atomic E-state index is 0.0890. The van der Waals surface area contributed by atoms with Crippen LogP contribution in [0, 0.1) is 34.6 Å². The van der Waals surface area contributed by atoms with Gasteiger partial charge in [-0.1, -0.05) is 30.0 Å². The highest BCUT2D eigenvalue weighted by molar-refractivity contribution is 7.99. The SMILES string of the molecule is Cc1ccc(C)c(-n2nnnc2SCC(=O)c2cc(C)c(C)cc2C)c1. The van der Waals surface area contributed by atoms with E-state index in [1.165, 1.54) is 17.3 Å². The van der Waals surface area contributed by atoms with Crippen molar-refractivity contribution in [1.29, 1.82) is 0 Å². The van der Waals surface area contributed by atoms with Gasteiger partial charge in [-0.15, -0.1) is 5.10 Å². The van der Waals surface area contributed by atoms with E-state index in [0.29, 0.717) is 10.9 Å². The molecule has 0 amide bonds. The summed E-state index contributed by atoms with van der Waals surface area (Å²) < 4.78 is 1.70. The zero-order valence-corrected chi connectivity index (χ0v) is 16.5. The van der Waals surface area contributed by atoms with Gasteiger partial charge in [0.15, 0.2) is 5.78 Å². The molecule has 0 bridgehead atoms. The standard InChI is InChI=1S/C20H22N4OS/c1-12-6-7-13(2)18(8-12)24-20(21-22-23-24)26-11-19(25)17-10-15(4)14(3)9-16(17)5/h6-10H,11H2,1-5H3. The molecule has 0 unspecified atom stereocenters. The van der Waals surface area contributed by atoms with Crippen LogP contribution in [0.25, 0.3) is 5.69 Å². The van der Waals surface area contributed by atoms with E-state index in [2.05, 4.69) is 34.6 Å². The molecular weight excluding hydrogens is 344 g/mol. The number of aromatic nitrogens is 4. The second kappa shape index (κ2) is 7.41. The van der Waals surface area contributed by atoms with Crippen LogP contribution in [0.15, 0.2) is 35.5 Å². The first-order chi connectivity index (χ1) is 12.4.